The number of benzene rings is 1. The molecule has 0 fully saturated rings. The Kier molecular flexibility index (Phi) is 3.71. The molecule has 0 aromatic heterocycles. The van der Waals surface area contributed by atoms with Gasteiger partial charge in [-0.1, -0.05) is 39.0 Å². The molecule has 18 heavy (non-hydrogen) atoms. The second kappa shape index (κ2) is 5.11. The number of carbonyl (C=O) groups is 1. The average molecular weight is 246 g/mol. The minimum absolute atomic E-state index is 0.0485. The van der Waals surface area contributed by atoms with Crippen LogP contribution in [0.1, 0.15) is 38.8 Å². The van der Waals surface area contributed by atoms with E-state index >= 15 is 0 Å². The van der Waals surface area contributed by atoms with Crippen LogP contribution in [0.15, 0.2) is 24.3 Å². The lowest BCUT2D eigenvalue weighted by Crippen LogP contribution is -2.42. The van der Waals surface area contributed by atoms with E-state index in [0.29, 0.717) is 5.92 Å². The van der Waals surface area contributed by atoms with Crippen LogP contribution >= 0.6 is 0 Å². The Morgan fingerprint density at radius 1 is 1.33 bits per heavy atom. The smallest absolute Gasteiger partial charge is 0.230 e. The quantitative estimate of drug-likeness (QED) is 0.872. The summed E-state index contributed by atoms with van der Waals surface area (Å²) in [5.74, 6) is 0.622. The fourth-order valence-electron chi connectivity index (χ4n) is 2.35. The van der Waals surface area contributed by atoms with Gasteiger partial charge >= 0.3 is 0 Å². The van der Waals surface area contributed by atoms with Gasteiger partial charge in [-0.3, -0.25) is 4.79 Å². The van der Waals surface area contributed by atoms with Crippen molar-refractivity contribution in [1.82, 2.24) is 0 Å². The molecule has 0 saturated heterocycles. The number of fused-ring (bicyclic) bond motifs is 1. The molecule has 1 aromatic rings. The van der Waals surface area contributed by atoms with Crippen LogP contribution in [0.2, 0.25) is 0 Å². The van der Waals surface area contributed by atoms with Crippen molar-refractivity contribution in [3.63, 3.8) is 0 Å². The standard InChI is InChI=1S/C15H22N2O/c1-10(2)11(3)15(18)17-9-8-13(16)12-6-4-5-7-14(12)17/h4-7,10-11,13H,8-9,16H2,1-3H3. The molecule has 1 heterocycles. The van der Waals surface area contributed by atoms with Crippen molar-refractivity contribution in [2.75, 3.05) is 11.4 Å². The van der Waals surface area contributed by atoms with Crippen molar-refractivity contribution < 1.29 is 4.79 Å². The first kappa shape index (κ1) is 13.1. The second-order valence-corrected chi connectivity index (χ2v) is 5.48. The topological polar surface area (TPSA) is 46.3 Å². The van der Waals surface area contributed by atoms with E-state index in [1.54, 1.807) is 0 Å². The van der Waals surface area contributed by atoms with Gasteiger partial charge in [0.15, 0.2) is 0 Å². The van der Waals surface area contributed by atoms with Gasteiger partial charge in [-0.15, -0.1) is 0 Å². The predicted octanol–water partition coefficient (Wildman–Crippen LogP) is 2.72. The number of rotatable bonds is 2. The summed E-state index contributed by atoms with van der Waals surface area (Å²) in [5, 5.41) is 0. The van der Waals surface area contributed by atoms with Crippen molar-refractivity contribution in [3.8, 4) is 0 Å². The van der Waals surface area contributed by atoms with Gasteiger partial charge in [0.05, 0.1) is 0 Å². The Labute approximate surface area is 109 Å². The maximum absolute atomic E-state index is 12.5. The summed E-state index contributed by atoms with van der Waals surface area (Å²) < 4.78 is 0. The molecule has 1 aliphatic heterocycles. The summed E-state index contributed by atoms with van der Waals surface area (Å²) >= 11 is 0. The van der Waals surface area contributed by atoms with E-state index in [9.17, 15) is 4.79 Å². The third-order valence-corrected chi connectivity index (χ3v) is 3.95. The van der Waals surface area contributed by atoms with Gasteiger partial charge in [0.1, 0.15) is 0 Å². The molecule has 1 amide bonds. The minimum Gasteiger partial charge on any atom is -0.324 e. The van der Waals surface area contributed by atoms with Crippen LogP contribution in [0.25, 0.3) is 0 Å². The van der Waals surface area contributed by atoms with Gasteiger partial charge in [-0.2, -0.15) is 0 Å². The Bertz CT molecular complexity index is 442. The van der Waals surface area contributed by atoms with E-state index in [2.05, 4.69) is 13.8 Å². The van der Waals surface area contributed by atoms with Crippen molar-refractivity contribution in [2.45, 2.75) is 33.2 Å². The van der Waals surface area contributed by atoms with Crippen molar-refractivity contribution in [2.24, 2.45) is 17.6 Å². The number of nitrogens with two attached hydrogens (primary N) is 1. The molecule has 0 spiro atoms. The molecule has 2 N–H and O–H groups in total. The Morgan fingerprint density at radius 2 is 2.00 bits per heavy atom. The van der Waals surface area contributed by atoms with Gasteiger partial charge in [0, 0.05) is 24.2 Å². The second-order valence-electron chi connectivity index (χ2n) is 5.48. The van der Waals surface area contributed by atoms with Crippen molar-refractivity contribution >= 4 is 11.6 Å². The van der Waals surface area contributed by atoms with Gasteiger partial charge in [-0.05, 0) is 24.0 Å². The van der Waals surface area contributed by atoms with Crippen LogP contribution in [0, 0.1) is 11.8 Å². The normalized spacial score (nSPS) is 20.7. The molecule has 0 saturated carbocycles. The fraction of sp³-hybridized carbons (Fsp3) is 0.533. The first-order valence-corrected chi connectivity index (χ1v) is 6.68. The highest BCUT2D eigenvalue weighted by Gasteiger charge is 2.29. The third kappa shape index (κ3) is 2.27. The number of nitrogens with zero attached hydrogens (tertiary/aromatic N) is 1. The van der Waals surface area contributed by atoms with Gasteiger partial charge in [-0.25, -0.2) is 0 Å². The molecule has 98 valence electrons. The Hall–Kier alpha value is -1.35. The summed E-state index contributed by atoms with van der Waals surface area (Å²) in [6.07, 6.45) is 0.841. The van der Waals surface area contributed by atoms with E-state index in [1.807, 2.05) is 36.1 Å². The van der Waals surface area contributed by atoms with Crippen molar-refractivity contribution in [3.05, 3.63) is 29.8 Å². The van der Waals surface area contributed by atoms with E-state index in [0.717, 1.165) is 24.2 Å². The highest BCUT2D eigenvalue weighted by molar-refractivity contribution is 5.96. The molecule has 0 radical (unpaired) electrons. The highest BCUT2D eigenvalue weighted by Crippen LogP contribution is 2.33. The van der Waals surface area contributed by atoms with Gasteiger partial charge in [0.2, 0.25) is 5.91 Å². The average Bonchev–Trinajstić information content (AvgIpc) is 2.38. The molecule has 1 aromatic carbocycles. The van der Waals surface area contributed by atoms with Crippen molar-refractivity contribution in [1.29, 1.82) is 0 Å². The minimum atomic E-state index is 0.0485. The van der Waals surface area contributed by atoms with Crippen LogP contribution in [0.4, 0.5) is 5.69 Å². The van der Waals surface area contributed by atoms with E-state index in [1.165, 1.54) is 0 Å². The first-order chi connectivity index (χ1) is 8.52. The lowest BCUT2D eigenvalue weighted by molar-refractivity contribution is -0.123. The molecular formula is C15H22N2O. The fourth-order valence-corrected chi connectivity index (χ4v) is 2.35. The number of amides is 1. The molecule has 2 rings (SSSR count). The molecule has 0 aliphatic carbocycles. The van der Waals surface area contributed by atoms with Gasteiger partial charge < -0.3 is 10.6 Å². The number of carbonyl (C=O) groups excluding carboxylic acids is 1. The summed E-state index contributed by atoms with van der Waals surface area (Å²) in [5.41, 5.74) is 8.19. The van der Waals surface area contributed by atoms with Crippen LogP contribution in [-0.2, 0) is 4.79 Å². The summed E-state index contributed by atoms with van der Waals surface area (Å²) in [7, 11) is 0. The number of hydrogen-bond acceptors (Lipinski definition) is 2. The zero-order valence-electron chi connectivity index (χ0n) is 11.4. The molecule has 3 heteroatoms. The lowest BCUT2D eigenvalue weighted by Gasteiger charge is -2.35. The first-order valence-electron chi connectivity index (χ1n) is 6.68. The Morgan fingerprint density at radius 3 is 2.67 bits per heavy atom. The summed E-state index contributed by atoms with van der Waals surface area (Å²) in [6.45, 7) is 6.91. The van der Waals surface area contributed by atoms with Crippen LogP contribution in [0.3, 0.4) is 0 Å². The third-order valence-electron chi connectivity index (χ3n) is 3.95. The van der Waals surface area contributed by atoms with Gasteiger partial charge in [0.25, 0.3) is 0 Å². The number of hydrogen-bond donors (Lipinski definition) is 1. The highest BCUT2D eigenvalue weighted by atomic mass is 16.2. The van der Waals surface area contributed by atoms with Crippen LogP contribution in [-0.4, -0.2) is 12.5 Å². The maximum atomic E-state index is 12.5. The predicted molar refractivity (Wildman–Crippen MR) is 74.3 cm³/mol. The van der Waals surface area contributed by atoms with E-state index in [-0.39, 0.29) is 17.9 Å². The SMILES string of the molecule is CC(C)C(C)C(=O)N1CCC(N)c2ccccc21. The van der Waals surface area contributed by atoms with E-state index < -0.39 is 0 Å². The molecule has 0 bridgehead atoms. The zero-order chi connectivity index (χ0) is 13.3. The zero-order valence-corrected chi connectivity index (χ0v) is 11.4. The monoisotopic (exact) mass is 246 g/mol. The summed E-state index contributed by atoms with van der Waals surface area (Å²) in [6, 6.07) is 8.04. The van der Waals surface area contributed by atoms with Crippen LogP contribution in [0.5, 0.6) is 0 Å². The number of para-hydroxylation sites is 1. The molecule has 2 atom stereocenters. The van der Waals surface area contributed by atoms with E-state index in [4.69, 9.17) is 5.73 Å². The Balaban J connectivity index is 2.32. The number of anilines is 1. The maximum Gasteiger partial charge on any atom is 0.230 e. The molecule has 1 aliphatic rings. The molecular weight excluding hydrogens is 224 g/mol. The molecule has 2 unspecified atom stereocenters. The largest absolute Gasteiger partial charge is 0.324 e. The van der Waals surface area contributed by atoms with Crippen LogP contribution < -0.4 is 10.6 Å². The molecule has 3 nitrogen and oxygen atoms in total. The lowest BCUT2D eigenvalue weighted by atomic mass is 9.92. The summed E-state index contributed by atoms with van der Waals surface area (Å²) in [4.78, 5) is 14.4.